The van der Waals surface area contributed by atoms with Crippen molar-refractivity contribution < 1.29 is 14.7 Å². The number of carbonyl (C=O) groups excluding carboxylic acids is 1. The summed E-state index contributed by atoms with van der Waals surface area (Å²) in [5, 5.41) is 11.6. The highest BCUT2D eigenvalue weighted by atomic mass is 32.2. The molecule has 0 aliphatic carbocycles. The molecule has 0 bridgehead atoms. The molecule has 0 aromatic rings. The number of aliphatic carboxylic acids is 1. The predicted molar refractivity (Wildman–Crippen MR) is 75.8 cm³/mol. The van der Waals surface area contributed by atoms with Gasteiger partial charge in [-0.2, -0.15) is 11.8 Å². The highest BCUT2D eigenvalue weighted by molar-refractivity contribution is 7.98. The number of thioether (sulfide) groups is 1. The Morgan fingerprint density at radius 3 is 2.39 bits per heavy atom. The second-order valence-corrected chi connectivity index (χ2v) is 5.80. The van der Waals surface area contributed by atoms with Crippen LogP contribution in [0, 0.1) is 11.8 Å². The molecule has 1 amide bonds. The van der Waals surface area contributed by atoms with Crippen molar-refractivity contribution >= 4 is 23.6 Å². The van der Waals surface area contributed by atoms with E-state index in [1.165, 1.54) is 0 Å². The number of hydrogen-bond donors (Lipinski definition) is 2. The first kappa shape index (κ1) is 17.3. The number of rotatable bonds is 10. The molecule has 1 atom stereocenters. The maximum absolute atomic E-state index is 11.4. The van der Waals surface area contributed by atoms with E-state index in [2.05, 4.69) is 19.2 Å². The first-order valence-electron chi connectivity index (χ1n) is 6.44. The molecule has 0 fully saturated rings. The zero-order chi connectivity index (χ0) is 14.0. The topological polar surface area (TPSA) is 66.4 Å². The molecular weight excluding hydrogens is 250 g/mol. The quantitative estimate of drug-likeness (QED) is 0.642. The molecule has 0 saturated carbocycles. The van der Waals surface area contributed by atoms with Gasteiger partial charge in [0.05, 0.1) is 0 Å². The molecule has 0 aromatic heterocycles. The van der Waals surface area contributed by atoms with E-state index in [0.717, 1.165) is 12.2 Å². The van der Waals surface area contributed by atoms with Crippen molar-refractivity contribution in [1.29, 1.82) is 0 Å². The van der Waals surface area contributed by atoms with Crippen LogP contribution < -0.4 is 5.32 Å². The molecule has 0 spiro atoms. The minimum atomic E-state index is -0.746. The Kier molecular flexibility index (Phi) is 9.83. The molecule has 2 N–H and O–H groups in total. The Labute approximate surface area is 114 Å². The maximum atomic E-state index is 11.4. The van der Waals surface area contributed by atoms with Gasteiger partial charge in [0.1, 0.15) is 0 Å². The van der Waals surface area contributed by atoms with Crippen LogP contribution in [0.3, 0.4) is 0 Å². The van der Waals surface area contributed by atoms with Crippen molar-refractivity contribution in [3.63, 3.8) is 0 Å². The fourth-order valence-electron chi connectivity index (χ4n) is 1.80. The molecule has 0 aliphatic rings. The monoisotopic (exact) mass is 275 g/mol. The number of hydrogen-bond acceptors (Lipinski definition) is 3. The molecule has 106 valence electrons. The summed E-state index contributed by atoms with van der Waals surface area (Å²) < 4.78 is 0. The van der Waals surface area contributed by atoms with Crippen molar-refractivity contribution in [1.82, 2.24) is 5.32 Å². The second-order valence-electron chi connectivity index (χ2n) is 4.82. The van der Waals surface area contributed by atoms with Gasteiger partial charge in [0.25, 0.3) is 0 Å². The molecule has 5 heteroatoms. The van der Waals surface area contributed by atoms with Gasteiger partial charge in [0.2, 0.25) is 5.91 Å². The summed E-state index contributed by atoms with van der Waals surface area (Å²) in [7, 11) is 0. The molecule has 4 nitrogen and oxygen atoms in total. The number of carbonyl (C=O) groups is 2. The largest absolute Gasteiger partial charge is 0.481 e. The Morgan fingerprint density at radius 1 is 1.22 bits per heavy atom. The molecule has 18 heavy (non-hydrogen) atoms. The Balaban J connectivity index is 3.82. The van der Waals surface area contributed by atoms with Crippen LogP contribution in [0.5, 0.6) is 0 Å². The van der Waals surface area contributed by atoms with Crippen molar-refractivity contribution in [2.24, 2.45) is 11.8 Å². The summed E-state index contributed by atoms with van der Waals surface area (Å²) in [4.78, 5) is 22.0. The lowest BCUT2D eigenvalue weighted by molar-refractivity contribution is -0.137. The van der Waals surface area contributed by atoms with E-state index in [4.69, 9.17) is 5.11 Å². The molecule has 0 radical (unpaired) electrons. The van der Waals surface area contributed by atoms with Crippen molar-refractivity contribution in [3.05, 3.63) is 0 Å². The van der Waals surface area contributed by atoms with Crippen molar-refractivity contribution in [2.45, 2.75) is 39.5 Å². The highest BCUT2D eigenvalue weighted by Gasteiger charge is 2.15. The second kappa shape index (κ2) is 10.2. The average molecular weight is 275 g/mol. The number of carboxylic acids is 1. The summed E-state index contributed by atoms with van der Waals surface area (Å²) in [5.41, 5.74) is 0. The maximum Gasteiger partial charge on any atom is 0.303 e. The van der Waals surface area contributed by atoms with Gasteiger partial charge in [0.15, 0.2) is 0 Å². The van der Waals surface area contributed by atoms with Gasteiger partial charge >= 0.3 is 5.97 Å². The standard InChI is InChI=1S/C13H25NO3S/c1-10(2)11(4-5-13(16)17)6-8-14-12(15)7-9-18-3/h10-11H,4-9H2,1-3H3,(H,14,15)(H,16,17). The minimum Gasteiger partial charge on any atom is -0.481 e. The Bertz CT molecular complexity index is 257. The van der Waals surface area contributed by atoms with Crippen LogP contribution in [0.4, 0.5) is 0 Å². The van der Waals surface area contributed by atoms with Crippen LogP contribution in [0.2, 0.25) is 0 Å². The van der Waals surface area contributed by atoms with Crippen LogP contribution in [-0.4, -0.2) is 35.5 Å². The molecule has 0 aromatic carbocycles. The van der Waals surface area contributed by atoms with Gasteiger partial charge in [-0.25, -0.2) is 0 Å². The summed E-state index contributed by atoms with van der Waals surface area (Å²) >= 11 is 1.66. The third kappa shape index (κ3) is 9.33. The zero-order valence-corrected chi connectivity index (χ0v) is 12.4. The molecule has 0 aliphatic heterocycles. The normalized spacial score (nSPS) is 12.4. The summed E-state index contributed by atoms with van der Waals surface area (Å²) in [6.07, 6.45) is 4.30. The summed E-state index contributed by atoms with van der Waals surface area (Å²) in [6.45, 7) is 4.85. The van der Waals surface area contributed by atoms with Gasteiger partial charge < -0.3 is 10.4 Å². The lowest BCUT2D eigenvalue weighted by atomic mass is 9.88. The first-order chi connectivity index (χ1) is 8.47. The first-order valence-corrected chi connectivity index (χ1v) is 7.84. The van der Waals surface area contributed by atoms with E-state index < -0.39 is 5.97 Å². The summed E-state index contributed by atoms with van der Waals surface area (Å²) in [6, 6.07) is 0. The van der Waals surface area contributed by atoms with Gasteiger partial charge in [-0.3, -0.25) is 9.59 Å². The van der Waals surface area contributed by atoms with E-state index in [1.54, 1.807) is 11.8 Å². The van der Waals surface area contributed by atoms with Gasteiger partial charge in [-0.1, -0.05) is 13.8 Å². The van der Waals surface area contributed by atoms with Gasteiger partial charge in [0, 0.05) is 25.1 Å². The van der Waals surface area contributed by atoms with Crippen molar-refractivity contribution in [2.75, 3.05) is 18.6 Å². The number of amides is 1. The van der Waals surface area contributed by atoms with Crippen LogP contribution in [0.15, 0.2) is 0 Å². The van der Waals surface area contributed by atoms with Crippen LogP contribution >= 0.6 is 11.8 Å². The smallest absolute Gasteiger partial charge is 0.303 e. The van der Waals surface area contributed by atoms with E-state index >= 15 is 0 Å². The Hall–Kier alpha value is -0.710. The molecule has 0 rings (SSSR count). The molecule has 1 unspecified atom stereocenters. The van der Waals surface area contributed by atoms with Crippen molar-refractivity contribution in [3.8, 4) is 0 Å². The third-order valence-corrected chi connectivity index (χ3v) is 3.65. The Morgan fingerprint density at radius 2 is 1.89 bits per heavy atom. The minimum absolute atomic E-state index is 0.0880. The number of carboxylic acid groups (broad SMARTS) is 1. The van der Waals surface area contributed by atoms with E-state index in [-0.39, 0.29) is 12.3 Å². The van der Waals surface area contributed by atoms with Gasteiger partial charge in [-0.15, -0.1) is 0 Å². The number of nitrogens with one attached hydrogen (secondary N) is 1. The summed E-state index contributed by atoms with van der Waals surface area (Å²) in [5.74, 6) is 1.00. The predicted octanol–water partition coefficient (Wildman–Crippen LogP) is 2.38. The molecular formula is C13H25NO3S. The van der Waals surface area contributed by atoms with Crippen LogP contribution in [0.1, 0.15) is 39.5 Å². The SMILES string of the molecule is CSCCC(=O)NCCC(CCC(=O)O)C(C)C. The molecule has 0 saturated heterocycles. The van der Waals surface area contributed by atoms with E-state index in [0.29, 0.717) is 31.2 Å². The fraction of sp³-hybridized carbons (Fsp3) is 0.846. The van der Waals surface area contributed by atoms with E-state index in [1.807, 2.05) is 6.26 Å². The fourth-order valence-corrected chi connectivity index (χ4v) is 2.19. The molecule has 0 heterocycles. The third-order valence-electron chi connectivity index (χ3n) is 3.04. The lowest BCUT2D eigenvalue weighted by Crippen LogP contribution is -2.27. The van der Waals surface area contributed by atoms with Crippen LogP contribution in [-0.2, 0) is 9.59 Å². The van der Waals surface area contributed by atoms with Gasteiger partial charge in [-0.05, 0) is 30.9 Å². The van der Waals surface area contributed by atoms with E-state index in [9.17, 15) is 9.59 Å². The average Bonchev–Trinajstić information content (AvgIpc) is 2.30. The van der Waals surface area contributed by atoms with Crippen LogP contribution in [0.25, 0.3) is 0 Å². The lowest BCUT2D eigenvalue weighted by Gasteiger charge is -2.20. The highest BCUT2D eigenvalue weighted by Crippen LogP contribution is 2.20. The zero-order valence-electron chi connectivity index (χ0n) is 11.6.